The predicted molar refractivity (Wildman–Crippen MR) is 23.3 cm³/mol. The lowest BCUT2D eigenvalue weighted by Crippen LogP contribution is -1.89. The zero-order valence-electron chi connectivity index (χ0n) is 3.60. The summed E-state index contributed by atoms with van der Waals surface area (Å²) in [5.41, 5.74) is 6.20. The topological polar surface area (TPSA) is 48.2 Å². The lowest BCUT2D eigenvalue weighted by molar-refractivity contribution is 1.06. The molecule has 0 rings (SSSR count). The van der Waals surface area contributed by atoms with Crippen LogP contribution in [-0.4, -0.2) is 7.05 Å². The third-order valence-corrected chi connectivity index (χ3v) is 0.316. The van der Waals surface area contributed by atoms with Crippen molar-refractivity contribution in [2.45, 2.75) is 0 Å². The normalized spacial score (nSPS) is 8.83. The van der Waals surface area contributed by atoms with Crippen LogP contribution in [0.2, 0.25) is 0 Å². The molecule has 0 bridgehead atoms. The molecule has 0 aromatic carbocycles. The van der Waals surface area contributed by atoms with Crippen LogP contribution in [0.4, 0.5) is 0 Å². The number of rotatable bonds is 2. The Morgan fingerprint density at radius 2 is 2.50 bits per heavy atom. The summed E-state index contributed by atoms with van der Waals surface area (Å²) >= 11 is 0. The van der Waals surface area contributed by atoms with Crippen molar-refractivity contribution in [3.63, 3.8) is 0 Å². The maximum atomic E-state index is 6.20. The summed E-state index contributed by atoms with van der Waals surface area (Å²) in [5.74, 6) is 0. The molecule has 2 N–H and O–H groups in total. The van der Waals surface area contributed by atoms with Crippen molar-refractivity contribution in [3.8, 4) is 0 Å². The average Bonchev–Trinajstić information content (AvgIpc) is 1.61. The molecule has 0 heterocycles. The fraction of sp³-hybridized carbons (Fsp3) is 0.333. The summed E-state index contributed by atoms with van der Waals surface area (Å²) in [6.07, 6.45) is 2.94. The number of nitrogens with one attached hydrogen (secondary N) is 2. The van der Waals surface area contributed by atoms with Gasteiger partial charge in [-0.3, -0.25) is 0 Å². The molecule has 3 heteroatoms. The van der Waals surface area contributed by atoms with Crippen LogP contribution >= 0.6 is 0 Å². The van der Waals surface area contributed by atoms with Crippen molar-refractivity contribution in [1.82, 2.24) is 5.32 Å². The SMILES string of the molecule is CN/C=C\N=N. The van der Waals surface area contributed by atoms with Gasteiger partial charge in [0.15, 0.2) is 0 Å². The maximum Gasteiger partial charge on any atom is 0.0645 e. The lowest BCUT2D eigenvalue weighted by atomic mass is 10.9. The highest BCUT2D eigenvalue weighted by atomic mass is 14.9. The maximum absolute atomic E-state index is 6.20. The van der Waals surface area contributed by atoms with Crippen LogP contribution in [-0.2, 0) is 0 Å². The fourth-order valence-electron chi connectivity index (χ4n) is 0.112. The second-order valence-corrected chi connectivity index (χ2v) is 0.734. The smallest absolute Gasteiger partial charge is 0.0645 e. The molecule has 0 unspecified atom stereocenters. The van der Waals surface area contributed by atoms with E-state index >= 15 is 0 Å². The lowest BCUT2D eigenvalue weighted by Gasteiger charge is -1.75. The summed E-state index contributed by atoms with van der Waals surface area (Å²) in [7, 11) is 1.75. The minimum Gasteiger partial charge on any atom is -0.393 e. The number of hydrogen-bond acceptors (Lipinski definition) is 3. The summed E-state index contributed by atoms with van der Waals surface area (Å²) in [6.45, 7) is 0. The van der Waals surface area contributed by atoms with Crippen LogP contribution in [0.3, 0.4) is 0 Å². The Labute approximate surface area is 36.6 Å². The van der Waals surface area contributed by atoms with Gasteiger partial charge in [-0.15, -0.1) is 0 Å². The van der Waals surface area contributed by atoms with Gasteiger partial charge in [0.05, 0.1) is 6.20 Å². The summed E-state index contributed by atoms with van der Waals surface area (Å²) in [6, 6.07) is 0. The van der Waals surface area contributed by atoms with Crippen molar-refractivity contribution in [1.29, 1.82) is 5.53 Å². The van der Waals surface area contributed by atoms with E-state index in [1.807, 2.05) is 0 Å². The van der Waals surface area contributed by atoms with E-state index in [0.29, 0.717) is 0 Å². The van der Waals surface area contributed by atoms with Gasteiger partial charge in [-0.2, -0.15) is 5.11 Å². The first-order valence-electron chi connectivity index (χ1n) is 1.60. The zero-order valence-corrected chi connectivity index (χ0v) is 3.60. The van der Waals surface area contributed by atoms with Crippen LogP contribution in [0.25, 0.3) is 0 Å². The van der Waals surface area contributed by atoms with Crippen LogP contribution in [0.15, 0.2) is 17.5 Å². The number of nitrogens with zero attached hydrogens (tertiary/aromatic N) is 1. The third kappa shape index (κ3) is 3.14. The zero-order chi connectivity index (χ0) is 4.83. The molecule has 34 valence electrons. The van der Waals surface area contributed by atoms with E-state index < -0.39 is 0 Å². The molecule has 0 aromatic rings. The summed E-state index contributed by atoms with van der Waals surface area (Å²) in [4.78, 5) is 0. The molecule has 6 heavy (non-hydrogen) atoms. The van der Waals surface area contributed by atoms with Crippen molar-refractivity contribution in [3.05, 3.63) is 12.4 Å². The Kier molecular flexibility index (Phi) is 3.55. The van der Waals surface area contributed by atoms with E-state index in [0.717, 1.165) is 0 Å². The Hall–Kier alpha value is -0.860. The van der Waals surface area contributed by atoms with Gasteiger partial charge in [-0.1, -0.05) is 0 Å². The van der Waals surface area contributed by atoms with Crippen LogP contribution in [0, 0.1) is 5.53 Å². The van der Waals surface area contributed by atoms with Crippen molar-refractivity contribution < 1.29 is 0 Å². The van der Waals surface area contributed by atoms with Gasteiger partial charge in [-0.25, -0.2) is 5.53 Å². The Balaban J connectivity index is 2.94. The molecule has 0 spiro atoms. The van der Waals surface area contributed by atoms with Crippen molar-refractivity contribution >= 4 is 0 Å². The Bertz CT molecular complexity index is 57.1. The molecule has 0 aliphatic rings. The highest BCUT2D eigenvalue weighted by molar-refractivity contribution is 4.71. The first-order valence-corrected chi connectivity index (χ1v) is 1.60. The summed E-state index contributed by atoms with van der Waals surface area (Å²) < 4.78 is 0. The molecular formula is C3H7N3. The van der Waals surface area contributed by atoms with Gasteiger partial charge >= 0.3 is 0 Å². The largest absolute Gasteiger partial charge is 0.393 e. The van der Waals surface area contributed by atoms with Gasteiger partial charge in [-0.05, 0) is 0 Å². The first kappa shape index (κ1) is 5.14. The van der Waals surface area contributed by atoms with E-state index in [1.54, 1.807) is 13.2 Å². The van der Waals surface area contributed by atoms with E-state index in [9.17, 15) is 0 Å². The Morgan fingerprint density at radius 1 is 1.83 bits per heavy atom. The van der Waals surface area contributed by atoms with Gasteiger partial charge < -0.3 is 5.32 Å². The van der Waals surface area contributed by atoms with Gasteiger partial charge in [0.1, 0.15) is 0 Å². The van der Waals surface area contributed by atoms with Gasteiger partial charge in [0.25, 0.3) is 0 Å². The molecule has 0 saturated carbocycles. The predicted octanol–water partition coefficient (Wildman–Crippen LogP) is 0.708. The van der Waals surface area contributed by atoms with Crippen LogP contribution < -0.4 is 5.32 Å². The molecule has 0 amide bonds. The number of hydrogen-bond donors (Lipinski definition) is 2. The average molecular weight is 85.1 g/mol. The molecule has 0 radical (unpaired) electrons. The van der Waals surface area contributed by atoms with Crippen molar-refractivity contribution in [2.75, 3.05) is 7.05 Å². The quantitative estimate of drug-likeness (QED) is 0.476. The highest BCUT2D eigenvalue weighted by Crippen LogP contribution is 1.62. The van der Waals surface area contributed by atoms with Gasteiger partial charge in [0.2, 0.25) is 0 Å². The standard InChI is InChI=1S/C3H7N3/c1-5-2-3-6-4/h2-5H,1H3/b3-2-,6-4?. The van der Waals surface area contributed by atoms with Gasteiger partial charge in [0, 0.05) is 13.2 Å². The molecule has 3 nitrogen and oxygen atoms in total. The van der Waals surface area contributed by atoms with Crippen LogP contribution in [0.5, 0.6) is 0 Å². The van der Waals surface area contributed by atoms with E-state index in [4.69, 9.17) is 5.53 Å². The molecule has 0 atom stereocenters. The minimum atomic E-state index is 1.36. The third-order valence-electron chi connectivity index (χ3n) is 0.316. The minimum absolute atomic E-state index is 1.36. The van der Waals surface area contributed by atoms with Crippen LogP contribution in [0.1, 0.15) is 0 Å². The molecule has 0 saturated heterocycles. The monoisotopic (exact) mass is 85.1 g/mol. The first-order chi connectivity index (χ1) is 2.91. The molecule has 0 aliphatic heterocycles. The van der Waals surface area contributed by atoms with Crippen molar-refractivity contribution in [2.24, 2.45) is 5.11 Å². The summed E-state index contributed by atoms with van der Waals surface area (Å²) in [5, 5.41) is 5.61. The molecule has 0 fully saturated rings. The molecule has 0 aromatic heterocycles. The fourth-order valence-corrected chi connectivity index (χ4v) is 0.112. The van der Waals surface area contributed by atoms with E-state index in [1.165, 1.54) is 6.20 Å². The Morgan fingerprint density at radius 3 is 2.67 bits per heavy atom. The second kappa shape index (κ2) is 4.14. The second-order valence-electron chi connectivity index (χ2n) is 0.734. The molecule has 0 aliphatic carbocycles. The van der Waals surface area contributed by atoms with E-state index in [-0.39, 0.29) is 0 Å². The van der Waals surface area contributed by atoms with E-state index in [2.05, 4.69) is 10.4 Å². The molecular weight excluding hydrogens is 78.1 g/mol. The highest BCUT2D eigenvalue weighted by Gasteiger charge is 1.51.